The molecule has 0 aromatic carbocycles. The van der Waals surface area contributed by atoms with E-state index in [1.165, 1.54) is 6.20 Å². The van der Waals surface area contributed by atoms with Crippen LogP contribution in [0.25, 0.3) is 0 Å². The Balaban J connectivity index is 1.80. The second-order valence-electron chi connectivity index (χ2n) is 5.50. The Kier molecular flexibility index (Phi) is 2.92. The van der Waals surface area contributed by atoms with Gasteiger partial charge in [-0.05, 0) is 31.5 Å². The van der Waals surface area contributed by atoms with Crippen molar-refractivity contribution in [3.63, 3.8) is 0 Å². The summed E-state index contributed by atoms with van der Waals surface area (Å²) in [5, 5.41) is 3.34. The van der Waals surface area contributed by atoms with Gasteiger partial charge in [-0.1, -0.05) is 0 Å². The minimum atomic E-state index is -4.30. The minimum Gasteiger partial charge on any atom is -0.356 e. The Labute approximate surface area is 109 Å². The van der Waals surface area contributed by atoms with E-state index >= 15 is 0 Å². The van der Waals surface area contributed by atoms with E-state index in [9.17, 15) is 13.2 Å². The van der Waals surface area contributed by atoms with E-state index in [1.54, 1.807) is 0 Å². The number of alkyl halides is 3. The number of rotatable bonds is 1. The average molecular weight is 271 g/mol. The first-order valence-electron chi connectivity index (χ1n) is 6.48. The lowest BCUT2D eigenvalue weighted by molar-refractivity contribution is -0.137. The third-order valence-corrected chi connectivity index (χ3v) is 4.17. The predicted octanol–water partition coefficient (Wildman–Crippen LogP) is 2.29. The highest BCUT2D eigenvalue weighted by Gasteiger charge is 2.41. The quantitative estimate of drug-likeness (QED) is 0.849. The Morgan fingerprint density at radius 2 is 2.16 bits per heavy atom. The molecule has 0 amide bonds. The fraction of sp³-hybridized carbons (Fsp3) is 0.615. The molecule has 1 unspecified atom stereocenters. The number of pyridine rings is 1. The molecule has 6 heteroatoms. The topological polar surface area (TPSA) is 28.2 Å². The standard InChI is InChI=1S/C13H16F3N3/c14-13(15,16)10-1-4-18-11(7-10)19-6-3-12(9-19)2-5-17-8-12/h1,4,7,17H,2-3,5-6,8-9H2. The molecular weight excluding hydrogens is 255 g/mol. The van der Waals surface area contributed by atoms with Gasteiger partial charge in [0.2, 0.25) is 0 Å². The Morgan fingerprint density at radius 3 is 2.84 bits per heavy atom. The van der Waals surface area contributed by atoms with E-state index in [0.29, 0.717) is 5.82 Å². The summed E-state index contributed by atoms with van der Waals surface area (Å²) in [4.78, 5) is 6.07. The van der Waals surface area contributed by atoms with E-state index in [1.807, 2.05) is 4.90 Å². The van der Waals surface area contributed by atoms with Crippen molar-refractivity contribution >= 4 is 5.82 Å². The lowest BCUT2D eigenvalue weighted by Crippen LogP contribution is -2.29. The van der Waals surface area contributed by atoms with E-state index in [0.717, 1.165) is 51.2 Å². The van der Waals surface area contributed by atoms with Crippen LogP contribution in [0.4, 0.5) is 19.0 Å². The van der Waals surface area contributed by atoms with Crippen molar-refractivity contribution in [1.82, 2.24) is 10.3 Å². The van der Waals surface area contributed by atoms with Crippen LogP contribution >= 0.6 is 0 Å². The second-order valence-corrected chi connectivity index (χ2v) is 5.50. The summed E-state index contributed by atoms with van der Waals surface area (Å²) < 4.78 is 38.1. The maximum absolute atomic E-state index is 12.7. The molecule has 1 spiro atoms. The number of nitrogens with one attached hydrogen (secondary N) is 1. The fourth-order valence-corrected chi connectivity index (χ4v) is 3.04. The van der Waals surface area contributed by atoms with Crippen molar-refractivity contribution in [2.45, 2.75) is 19.0 Å². The molecule has 2 aliphatic heterocycles. The first kappa shape index (κ1) is 12.7. The minimum absolute atomic E-state index is 0.232. The first-order chi connectivity index (χ1) is 8.99. The molecule has 0 bridgehead atoms. The van der Waals surface area contributed by atoms with Crippen LogP contribution in [0.2, 0.25) is 0 Å². The molecular formula is C13H16F3N3. The number of hydrogen-bond donors (Lipinski definition) is 1. The van der Waals surface area contributed by atoms with Gasteiger partial charge in [0.1, 0.15) is 5.82 Å². The summed E-state index contributed by atoms with van der Waals surface area (Å²) in [7, 11) is 0. The average Bonchev–Trinajstić information content (AvgIpc) is 3.00. The van der Waals surface area contributed by atoms with E-state index in [4.69, 9.17) is 0 Å². The number of hydrogen-bond acceptors (Lipinski definition) is 3. The van der Waals surface area contributed by atoms with Gasteiger partial charge in [-0.2, -0.15) is 13.2 Å². The van der Waals surface area contributed by atoms with Crippen molar-refractivity contribution in [1.29, 1.82) is 0 Å². The lowest BCUT2D eigenvalue weighted by Gasteiger charge is -2.23. The molecule has 3 nitrogen and oxygen atoms in total. The Morgan fingerprint density at radius 1 is 1.32 bits per heavy atom. The number of anilines is 1. The molecule has 1 N–H and O–H groups in total. The highest BCUT2D eigenvalue weighted by atomic mass is 19.4. The second kappa shape index (κ2) is 4.37. The van der Waals surface area contributed by atoms with Crippen LogP contribution in [0, 0.1) is 5.41 Å². The molecule has 1 atom stereocenters. The van der Waals surface area contributed by atoms with E-state index in [-0.39, 0.29) is 5.41 Å². The van der Waals surface area contributed by atoms with Gasteiger partial charge in [-0.15, -0.1) is 0 Å². The maximum atomic E-state index is 12.7. The fourth-order valence-electron chi connectivity index (χ4n) is 3.04. The summed E-state index contributed by atoms with van der Waals surface area (Å²) in [6.07, 6.45) is -0.930. The highest BCUT2D eigenvalue weighted by molar-refractivity contribution is 5.43. The molecule has 19 heavy (non-hydrogen) atoms. The van der Waals surface area contributed by atoms with Crippen LogP contribution in [-0.4, -0.2) is 31.2 Å². The molecule has 1 aromatic heterocycles. The smallest absolute Gasteiger partial charge is 0.356 e. The summed E-state index contributed by atoms with van der Waals surface area (Å²) in [5.41, 5.74) is -0.390. The normalized spacial score (nSPS) is 27.4. The van der Waals surface area contributed by atoms with Crippen LogP contribution in [-0.2, 0) is 6.18 Å². The third-order valence-electron chi connectivity index (χ3n) is 4.17. The molecule has 0 aliphatic carbocycles. The van der Waals surface area contributed by atoms with Crippen LogP contribution in [0.3, 0.4) is 0 Å². The van der Waals surface area contributed by atoms with Crippen molar-refractivity contribution in [3.05, 3.63) is 23.9 Å². The zero-order valence-corrected chi connectivity index (χ0v) is 10.5. The number of halogens is 3. The first-order valence-corrected chi connectivity index (χ1v) is 6.48. The van der Waals surface area contributed by atoms with Gasteiger partial charge in [-0.3, -0.25) is 0 Å². The molecule has 2 fully saturated rings. The largest absolute Gasteiger partial charge is 0.416 e. The van der Waals surface area contributed by atoms with Crippen molar-refractivity contribution in [3.8, 4) is 0 Å². The predicted molar refractivity (Wildman–Crippen MR) is 66.0 cm³/mol. The summed E-state index contributed by atoms with van der Waals surface area (Å²) >= 11 is 0. The third kappa shape index (κ3) is 2.41. The summed E-state index contributed by atoms with van der Waals surface area (Å²) in [6.45, 7) is 3.55. The molecule has 0 radical (unpaired) electrons. The maximum Gasteiger partial charge on any atom is 0.416 e. The van der Waals surface area contributed by atoms with Gasteiger partial charge in [0.05, 0.1) is 5.56 Å². The van der Waals surface area contributed by atoms with Crippen molar-refractivity contribution in [2.24, 2.45) is 5.41 Å². The Hall–Kier alpha value is -1.30. The van der Waals surface area contributed by atoms with Gasteiger partial charge in [-0.25, -0.2) is 4.98 Å². The molecule has 3 rings (SSSR count). The molecule has 2 saturated heterocycles. The van der Waals surface area contributed by atoms with Gasteiger partial charge in [0.25, 0.3) is 0 Å². The Bertz CT molecular complexity index is 466. The monoisotopic (exact) mass is 271 g/mol. The summed E-state index contributed by atoms with van der Waals surface area (Å²) in [6, 6.07) is 2.17. The van der Waals surface area contributed by atoms with Gasteiger partial charge >= 0.3 is 6.18 Å². The van der Waals surface area contributed by atoms with Crippen molar-refractivity contribution < 1.29 is 13.2 Å². The molecule has 3 heterocycles. The van der Waals surface area contributed by atoms with E-state index < -0.39 is 11.7 Å². The highest BCUT2D eigenvalue weighted by Crippen LogP contribution is 2.38. The van der Waals surface area contributed by atoms with E-state index in [2.05, 4.69) is 10.3 Å². The SMILES string of the molecule is FC(F)(F)c1ccnc(N2CCC3(CCNC3)C2)c1. The lowest BCUT2D eigenvalue weighted by atomic mass is 9.87. The molecule has 1 aromatic rings. The zero-order valence-electron chi connectivity index (χ0n) is 10.5. The van der Waals surface area contributed by atoms with Gasteiger partial charge in [0.15, 0.2) is 0 Å². The van der Waals surface area contributed by atoms with Crippen molar-refractivity contribution in [2.75, 3.05) is 31.1 Å². The molecule has 2 aliphatic rings. The zero-order chi connectivity index (χ0) is 13.5. The van der Waals surface area contributed by atoms with Crippen LogP contribution in [0.5, 0.6) is 0 Å². The van der Waals surface area contributed by atoms with Gasteiger partial charge in [0, 0.05) is 31.2 Å². The van der Waals surface area contributed by atoms with Crippen LogP contribution < -0.4 is 10.2 Å². The summed E-state index contributed by atoms with van der Waals surface area (Å²) in [5.74, 6) is 0.443. The number of nitrogens with zero attached hydrogens (tertiary/aromatic N) is 2. The molecule has 0 saturated carbocycles. The number of aromatic nitrogens is 1. The van der Waals surface area contributed by atoms with Crippen LogP contribution in [0.15, 0.2) is 18.3 Å². The van der Waals surface area contributed by atoms with Crippen LogP contribution in [0.1, 0.15) is 18.4 Å². The van der Waals surface area contributed by atoms with Gasteiger partial charge < -0.3 is 10.2 Å². The molecule has 104 valence electrons.